The zero-order valence-electron chi connectivity index (χ0n) is 14.6. The Hall–Kier alpha value is -2.37. The molecular weight excluding hydrogens is 330 g/mol. The average molecular weight is 353 g/mol. The van der Waals surface area contributed by atoms with Gasteiger partial charge in [-0.2, -0.15) is 0 Å². The Morgan fingerprint density at radius 3 is 2.56 bits per heavy atom. The van der Waals surface area contributed by atoms with E-state index in [2.05, 4.69) is 36.1 Å². The largest absolute Gasteiger partial charge is 0.494 e. The molecule has 3 aromatic rings. The molecule has 5 heteroatoms. The van der Waals surface area contributed by atoms with Crippen LogP contribution in [0.3, 0.4) is 0 Å². The Morgan fingerprint density at radius 2 is 1.84 bits per heavy atom. The van der Waals surface area contributed by atoms with Gasteiger partial charge >= 0.3 is 0 Å². The second-order valence-corrected chi connectivity index (χ2v) is 7.18. The van der Waals surface area contributed by atoms with Crippen LogP contribution in [0, 0.1) is 0 Å². The van der Waals surface area contributed by atoms with E-state index in [0.717, 1.165) is 52.0 Å². The second kappa shape index (κ2) is 8.14. The van der Waals surface area contributed by atoms with Crippen molar-refractivity contribution in [2.45, 2.75) is 6.42 Å². The molecule has 0 spiro atoms. The first-order valence-corrected chi connectivity index (χ1v) is 9.14. The van der Waals surface area contributed by atoms with Crippen LogP contribution in [0.2, 0.25) is 0 Å². The molecule has 130 valence electrons. The normalized spacial score (nSPS) is 11.0. The summed E-state index contributed by atoms with van der Waals surface area (Å²) in [7, 11) is 4.14. The van der Waals surface area contributed by atoms with Crippen molar-refractivity contribution >= 4 is 17.0 Å². The molecule has 0 unspecified atom stereocenters. The van der Waals surface area contributed by atoms with Crippen molar-refractivity contribution in [2.75, 3.05) is 33.0 Å². The zero-order valence-corrected chi connectivity index (χ0v) is 15.4. The maximum absolute atomic E-state index is 6.04. The van der Waals surface area contributed by atoms with Gasteiger partial charge in [-0.1, -0.05) is 12.1 Å². The van der Waals surface area contributed by atoms with E-state index in [0.29, 0.717) is 0 Å². The van der Waals surface area contributed by atoms with E-state index < -0.39 is 0 Å². The number of nitrogens with zero attached hydrogens (tertiary/aromatic N) is 2. The highest BCUT2D eigenvalue weighted by molar-refractivity contribution is 7.18. The molecule has 0 atom stereocenters. The number of hydrogen-bond donors (Lipinski definition) is 1. The van der Waals surface area contributed by atoms with Crippen LogP contribution in [0.15, 0.2) is 54.7 Å². The summed E-state index contributed by atoms with van der Waals surface area (Å²) in [5, 5.41) is 0.942. The molecule has 4 nitrogen and oxygen atoms in total. The van der Waals surface area contributed by atoms with Crippen LogP contribution in [0.25, 0.3) is 21.0 Å². The van der Waals surface area contributed by atoms with Gasteiger partial charge in [0.15, 0.2) is 0 Å². The Morgan fingerprint density at radius 1 is 1.08 bits per heavy atom. The Kier molecular flexibility index (Phi) is 5.68. The summed E-state index contributed by atoms with van der Waals surface area (Å²) in [6.45, 7) is 1.76. The third-order valence-electron chi connectivity index (χ3n) is 3.85. The van der Waals surface area contributed by atoms with Gasteiger partial charge in [-0.25, -0.2) is 4.98 Å². The summed E-state index contributed by atoms with van der Waals surface area (Å²) in [5.74, 6) is 0.902. The van der Waals surface area contributed by atoms with Crippen LogP contribution in [0.5, 0.6) is 5.75 Å². The number of anilines is 1. The fraction of sp³-hybridized carbons (Fsp3) is 0.250. The van der Waals surface area contributed by atoms with Crippen molar-refractivity contribution in [3.05, 3.63) is 54.7 Å². The number of nitrogen functional groups attached to an aromatic ring is 1. The van der Waals surface area contributed by atoms with E-state index in [-0.39, 0.29) is 0 Å². The molecule has 0 saturated carbocycles. The zero-order chi connectivity index (χ0) is 17.6. The molecule has 0 aliphatic rings. The van der Waals surface area contributed by atoms with Gasteiger partial charge in [0.25, 0.3) is 0 Å². The van der Waals surface area contributed by atoms with Crippen molar-refractivity contribution in [3.63, 3.8) is 0 Å². The van der Waals surface area contributed by atoms with E-state index >= 15 is 0 Å². The smallest absolute Gasteiger partial charge is 0.125 e. The van der Waals surface area contributed by atoms with E-state index in [1.54, 1.807) is 11.3 Å². The lowest BCUT2D eigenvalue weighted by Gasteiger charge is -2.10. The van der Waals surface area contributed by atoms with E-state index in [1.165, 1.54) is 0 Å². The van der Waals surface area contributed by atoms with Crippen molar-refractivity contribution < 1.29 is 4.74 Å². The third kappa shape index (κ3) is 4.59. The minimum atomic E-state index is 0.732. The summed E-state index contributed by atoms with van der Waals surface area (Å²) < 4.78 is 5.78. The Balaban J connectivity index is 1.66. The molecule has 2 aromatic carbocycles. The lowest BCUT2D eigenvalue weighted by Crippen LogP contribution is -2.15. The molecule has 0 aliphatic heterocycles. The fourth-order valence-corrected chi connectivity index (χ4v) is 3.48. The maximum atomic E-state index is 6.04. The molecule has 0 amide bonds. The molecule has 0 saturated heterocycles. The molecule has 0 fully saturated rings. The highest BCUT2D eigenvalue weighted by Crippen LogP contribution is 2.34. The van der Waals surface area contributed by atoms with Crippen molar-refractivity contribution in [2.24, 2.45) is 0 Å². The van der Waals surface area contributed by atoms with Crippen molar-refractivity contribution in [1.29, 1.82) is 0 Å². The topological polar surface area (TPSA) is 51.4 Å². The first-order valence-electron chi connectivity index (χ1n) is 8.32. The molecule has 0 aliphatic carbocycles. The van der Waals surface area contributed by atoms with E-state index in [1.807, 2.05) is 42.6 Å². The third-order valence-corrected chi connectivity index (χ3v) is 4.93. The number of rotatable bonds is 7. The maximum Gasteiger partial charge on any atom is 0.125 e. The summed E-state index contributed by atoms with van der Waals surface area (Å²) in [5.41, 5.74) is 8.92. The quantitative estimate of drug-likeness (QED) is 0.505. The van der Waals surface area contributed by atoms with Crippen LogP contribution in [0.1, 0.15) is 6.42 Å². The van der Waals surface area contributed by atoms with Crippen LogP contribution in [-0.4, -0.2) is 37.1 Å². The van der Waals surface area contributed by atoms with Gasteiger partial charge in [0, 0.05) is 24.0 Å². The first kappa shape index (κ1) is 17.5. The fourth-order valence-electron chi connectivity index (χ4n) is 2.51. The van der Waals surface area contributed by atoms with Crippen LogP contribution in [-0.2, 0) is 0 Å². The van der Waals surface area contributed by atoms with Gasteiger partial charge in [0.1, 0.15) is 10.8 Å². The monoisotopic (exact) mass is 353 g/mol. The number of nitrogens with two attached hydrogens (primary N) is 1. The minimum absolute atomic E-state index is 0.732. The van der Waals surface area contributed by atoms with E-state index in [9.17, 15) is 0 Å². The number of para-hydroxylation sites is 1. The molecule has 1 aromatic heterocycles. The van der Waals surface area contributed by atoms with Crippen LogP contribution in [0.4, 0.5) is 5.69 Å². The SMILES string of the molecule is CN(C)CCCOc1ccc(-c2cnc(-c3ccccc3N)s2)cc1. The predicted octanol–water partition coefficient (Wildman–Crippen LogP) is 4.39. The van der Waals surface area contributed by atoms with Crippen LogP contribution < -0.4 is 10.5 Å². The van der Waals surface area contributed by atoms with Crippen molar-refractivity contribution in [3.8, 4) is 26.8 Å². The summed E-state index contributed by atoms with van der Waals surface area (Å²) >= 11 is 1.65. The molecule has 2 N–H and O–H groups in total. The molecule has 0 radical (unpaired) electrons. The number of aromatic nitrogens is 1. The van der Waals surface area contributed by atoms with Crippen LogP contribution >= 0.6 is 11.3 Å². The lowest BCUT2D eigenvalue weighted by molar-refractivity contribution is 0.281. The highest BCUT2D eigenvalue weighted by atomic mass is 32.1. The van der Waals surface area contributed by atoms with Gasteiger partial charge in [0.2, 0.25) is 0 Å². The van der Waals surface area contributed by atoms with Gasteiger partial charge < -0.3 is 15.4 Å². The lowest BCUT2D eigenvalue weighted by atomic mass is 10.2. The molecule has 3 rings (SSSR count). The Bertz CT molecular complexity index is 812. The molecule has 1 heterocycles. The minimum Gasteiger partial charge on any atom is -0.494 e. The van der Waals surface area contributed by atoms with Crippen molar-refractivity contribution in [1.82, 2.24) is 9.88 Å². The number of thiazole rings is 1. The summed E-state index contributed by atoms with van der Waals surface area (Å²) in [6.07, 6.45) is 2.92. The summed E-state index contributed by atoms with van der Waals surface area (Å²) in [6, 6.07) is 16.0. The van der Waals surface area contributed by atoms with E-state index in [4.69, 9.17) is 10.5 Å². The molecule has 25 heavy (non-hydrogen) atoms. The summed E-state index contributed by atoms with van der Waals surface area (Å²) in [4.78, 5) is 7.81. The highest BCUT2D eigenvalue weighted by Gasteiger charge is 2.09. The van der Waals surface area contributed by atoms with Gasteiger partial charge in [0.05, 0.1) is 11.5 Å². The number of hydrogen-bond acceptors (Lipinski definition) is 5. The van der Waals surface area contributed by atoms with Gasteiger partial charge in [-0.3, -0.25) is 0 Å². The Labute approximate surface area is 152 Å². The number of benzene rings is 2. The first-order chi connectivity index (χ1) is 12.1. The molecule has 0 bridgehead atoms. The standard InChI is InChI=1S/C20H23N3OS/c1-23(2)12-5-13-24-16-10-8-15(9-11-16)19-14-22-20(25-19)17-6-3-4-7-18(17)21/h3-4,6-11,14H,5,12-13,21H2,1-2H3. The number of ether oxygens (including phenoxy) is 1. The predicted molar refractivity (Wildman–Crippen MR) is 106 cm³/mol. The van der Waals surface area contributed by atoms with Gasteiger partial charge in [-0.15, -0.1) is 11.3 Å². The van der Waals surface area contributed by atoms with Gasteiger partial charge in [-0.05, 0) is 62.5 Å². The average Bonchev–Trinajstić information content (AvgIpc) is 3.09. The second-order valence-electron chi connectivity index (χ2n) is 6.15. The molecular formula is C20H23N3OS.